The number of nitrogens with one attached hydrogen (secondary N) is 2. The third-order valence-electron chi connectivity index (χ3n) is 2.81. The number of rotatable bonds is 6. The van der Waals surface area contributed by atoms with E-state index >= 15 is 0 Å². The molecule has 7 heteroatoms. The van der Waals surface area contributed by atoms with Crippen LogP contribution in [0.5, 0.6) is 0 Å². The first kappa shape index (κ1) is 19.0. The van der Waals surface area contributed by atoms with Gasteiger partial charge in [-0.05, 0) is 27.2 Å². The van der Waals surface area contributed by atoms with Crippen molar-refractivity contribution in [3.8, 4) is 0 Å². The van der Waals surface area contributed by atoms with Crippen molar-refractivity contribution in [1.82, 2.24) is 15.6 Å². The zero-order valence-electron chi connectivity index (χ0n) is 12.9. The van der Waals surface area contributed by atoms with E-state index in [1.165, 1.54) is 0 Å². The van der Waals surface area contributed by atoms with Crippen LogP contribution in [-0.4, -0.2) is 28.3 Å². The lowest BCUT2D eigenvalue weighted by atomic mass is 10.0. The van der Waals surface area contributed by atoms with Crippen LogP contribution in [0.25, 0.3) is 0 Å². The van der Waals surface area contributed by atoms with Gasteiger partial charge in [-0.15, -0.1) is 0 Å². The van der Waals surface area contributed by atoms with Crippen LogP contribution in [0.3, 0.4) is 0 Å². The average Bonchev–Trinajstić information content (AvgIpc) is 2.82. The molecule has 1 amide bonds. The van der Waals surface area contributed by atoms with E-state index in [0.717, 1.165) is 6.42 Å². The quantitative estimate of drug-likeness (QED) is 0.697. The molecular formula is C13H26N3O3P. The van der Waals surface area contributed by atoms with Crippen molar-refractivity contribution in [3.63, 3.8) is 0 Å². The molecule has 1 aromatic heterocycles. The van der Waals surface area contributed by atoms with Crippen LogP contribution in [0.15, 0.2) is 4.52 Å². The molecule has 0 aliphatic rings. The minimum absolute atomic E-state index is 0.0624. The van der Waals surface area contributed by atoms with Crippen LogP contribution in [0, 0.1) is 6.92 Å². The number of aliphatic hydroxyl groups excluding tert-OH is 1. The highest BCUT2D eigenvalue weighted by atomic mass is 31.0. The van der Waals surface area contributed by atoms with E-state index in [4.69, 9.17) is 9.63 Å². The highest BCUT2D eigenvalue weighted by Crippen LogP contribution is 2.13. The van der Waals surface area contributed by atoms with Gasteiger partial charge in [-0.3, -0.25) is 9.88 Å². The van der Waals surface area contributed by atoms with E-state index in [2.05, 4.69) is 25.0 Å². The van der Waals surface area contributed by atoms with Gasteiger partial charge in [-0.25, -0.2) is 0 Å². The Morgan fingerprint density at radius 1 is 1.45 bits per heavy atom. The van der Waals surface area contributed by atoms with Gasteiger partial charge >= 0.3 is 0 Å². The molecule has 1 heterocycles. The molecule has 1 atom stereocenters. The summed E-state index contributed by atoms with van der Waals surface area (Å²) in [5, 5.41) is 18.5. The molecule has 3 N–H and O–H groups in total. The molecule has 0 saturated carbocycles. The fraction of sp³-hybridized carbons (Fsp3) is 0.692. The SMILES string of the molecule is CC.Cc1c(C(=O)NCCC(C)(C)NP)noc1CO. The lowest BCUT2D eigenvalue weighted by Gasteiger charge is -2.23. The second kappa shape index (κ2) is 9.06. The molecule has 0 saturated heterocycles. The van der Waals surface area contributed by atoms with E-state index in [1.807, 2.05) is 27.7 Å². The summed E-state index contributed by atoms with van der Waals surface area (Å²) in [5.41, 5.74) is 0.752. The van der Waals surface area contributed by atoms with Crippen LogP contribution in [0.4, 0.5) is 0 Å². The molecule has 0 aliphatic heterocycles. The van der Waals surface area contributed by atoms with Crippen molar-refractivity contribution in [2.45, 2.75) is 53.2 Å². The van der Waals surface area contributed by atoms with Crippen molar-refractivity contribution in [3.05, 3.63) is 17.0 Å². The summed E-state index contributed by atoms with van der Waals surface area (Å²) in [6, 6.07) is 0. The number of hydrogen-bond donors (Lipinski definition) is 3. The number of hydrogen-bond acceptors (Lipinski definition) is 5. The number of amides is 1. The first-order valence-electron chi connectivity index (χ1n) is 6.73. The van der Waals surface area contributed by atoms with Gasteiger partial charge in [0.25, 0.3) is 5.91 Å². The Balaban J connectivity index is 0.00000172. The minimum Gasteiger partial charge on any atom is -0.388 e. The fourth-order valence-electron chi connectivity index (χ4n) is 1.37. The Labute approximate surface area is 122 Å². The maximum atomic E-state index is 11.8. The number of nitrogens with zero attached hydrogens (tertiary/aromatic N) is 1. The molecule has 1 rings (SSSR count). The van der Waals surface area contributed by atoms with Crippen LogP contribution < -0.4 is 10.4 Å². The molecule has 116 valence electrons. The Hall–Kier alpha value is -0.970. The van der Waals surface area contributed by atoms with Crippen LogP contribution in [0.2, 0.25) is 0 Å². The molecule has 20 heavy (non-hydrogen) atoms. The number of carbonyl (C=O) groups excluding carboxylic acids is 1. The third-order valence-corrected chi connectivity index (χ3v) is 3.59. The number of aromatic nitrogens is 1. The van der Waals surface area contributed by atoms with Crippen LogP contribution in [0.1, 0.15) is 55.9 Å². The van der Waals surface area contributed by atoms with Crippen molar-refractivity contribution >= 4 is 15.3 Å². The summed E-state index contributed by atoms with van der Waals surface area (Å²) in [7, 11) is 2.47. The predicted octanol–water partition coefficient (Wildman–Crippen LogP) is 1.78. The monoisotopic (exact) mass is 303 g/mol. The van der Waals surface area contributed by atoms with Gasteiger partial charge in [0.05, 0.1) is 0 Å². The smallest absolute Gasteiger partial charge is 0.273 e. The van der Waals surface area contributed by atoms with Gasteiger partial charge in [-0.2, -0.15) is 0 Å². The summed E-state index contributed by atoms with van der Waals surface area (Å²) < 4.78 is 4.86. The summed E-state index contributed by atoms with van der Waals surface area (Å²) in [6.45, 7) is 10.1. The lowest BCUT2D eigenvalue weighted by Crippen LogP contribution is -2.37. The topological polar surface area (TPSA) is 87.4 Å². The number of aliphatic hydroxyl groups is 1. The van der Waals surface area contributed by atoms with E-state index in [1.54, 1.807) is 6.92 Å². The van der Waals surface area contributed by atoms with Gasteiger partial charge < -0.3 is 14.9 Å². The Bertz CT molecular complexity index is 419. The molecule has 0 bridgehead atoms. The van der Waals surface area contributed by atoms with Gasteiger partial charge in [0.15, 0.2) is 11.5 Å². The third kappa shape index (κ3) is 5.57. The summed E-state index contributed by atoms with van der Waals surface area (Å²) in [5.74, 6) is 0.0441. The second-order valence-corrected chi connectivity index (χ2v) is 5.06. The van der Waals surface area contributed by atoms with Gasteiger partial charge in [-0.1, -0.05) is 28.4 Å². The van der Waals surface area contributed by atoms with Crippen molar-refractivity contribution < 1.29 is 14.4 Å². The molecule has 0 aliphatic carbocycles. The van der Waals surface area contributed by atoms with E-state index in [9.17, 15) is 4.79 Å². The number of carbonyl (C=O) groups is 1. The standard InChI is InChI=1S/C11H20N3O3P.C2H6/c1-7-8(6-15)17-13-9(7)10(16)12-5-4-11(2,3)14-18;1-2/h14-15H,4-6,18H2,1-3H3,(H,12,16);1-2H3. The van der Waals surface area contributed by atoms with Crippen molar-refractivity contribution in [2.24, 2.45) is 0 Å². The average molecular weight is 303 g/mol. The second-order valence-electron chi connectivity index (χ2n) is 4.77. The van der Waals surface area contributed by atoms with Gasteiger partial charge in [0.2, 0.25) is 0 Å². The summed E-state index contributed by atoms with van der Waals surface area (Å²) >= 11 is 0. The van der Waals surface area contributed by atoms with Crippen molar-refractivity contribution in [1.29, 1.82) is 0 Å². The fourth-order valence-corrected chi connectivity index (χ4v) is 1.52. The Morgan fingerprint density at radius 3 is 2.50 bits per heavy atom. The maximum Gasteiger partial charge on any atom is 0.273 e. The predicted molar refractivity (Wildman–Crippen MR) is 82.4 cm³/mol. The molecule has 0 spiro atoms. The summed E-state index contributed by atoms with van der Waals surface area (Å²) in [4.78, 5) is 11.8. The highest BCUT2D eigenvalue weighted by Gasteiger charge is 2.19. The molecular weight excluding hydrogens is 277 g/mol. The first-order valence-corrected chi connectivity index (χ1v) is 7.31. The van der Waals surface area contributed by atoms with E-state index in [0.29, 0.717) is 17.9 Å². The first-order chi connectivity index (χ1) is 9.41. The Morgan fingerprint density at radius 2 is 2.05 bits per heavy atom. The molecule has 1 unspecified atom stereocenters. The van der Waals surface area contributed by atoms with E-state index in [-0.39, 0.29) is 23.7 Å². The zero-order chi connectivity index (χ0) is 15.8. The maximum absolute atomic E-state index is 11.8. The molecule has 0 radical (unpaired) electrons. The van der Waals surface area contributed by atoms with Crippen molar-refractivity contribution in [2.75, 3.05) is 6.54 Å². The lowest BCUT2D eigenvalue weighted by molar-refractivity contribution is 0.0941. The van der Waals surface area contributed by atoms with Crippen LogP contribution >= 0.6 is 9.39 Å². The summed E-state index contributed by atoms with van der Waals surface area (Å²) in [6.07, 6.45) is 0.784. The molecule has 6 nitrogen and oxygen atoms in total. The highest BCUT2D eigenvalue weighted by molar-refractivity contribution is 7.13. The molecule has 1 aromatic rings. The minimum atomic E-state index is -0.282. The van der Waals surface area contributed by atoms with E-state index < -0.39 is 0 Å². The van der Waals surface area contributed by atoms with Crippen LogP contribution in [-0.2, 0) is 6.61 Å². The Kier molecular flexibility index (Phi) is 8.62. The largest absolute Gasteiger partial charge is 0.388 e. The zero-order valence-corrected chi connectivity index (χ0v) is 14.1. The molecule has 0 aromatic carbocycles. The molecule has 0 fully saturated rings. The normalized spacial score (nSPS) is 10.8. The van der Waals surface area contributed by atoms with Gasteiger partial charge in [0, 0.05) is 17.6 Å². The van der Waals surface area contributed by atoms with Gasteiger partial charge in [0.1, 0.15) is 6.61 Å².